The van der Waals surface area contributed by atoms with Crippen LogP contribution in [0.3, 0.4) is 0 Å². The van der Waals surface area contributed by atoms with Crippen LogP contribution in [0.2, 0.25) is 0 Å². The molecule has 0 aliphatic carbocycles. The van der Waals surface area contributed by atoms with Crippen LogP contribution in [0.5, 0.6) is 0 Å². The van der Waals surface area contributed by atoms with Gasteiger partial charge in [0.25, 0.3) is 0 Å². The molecule has 6 heteroatoms. The van der Waals surface area contributed by atoms with Crippen molar-refractivity contribution in [1.82, 2.24) is 0 Å². The Hall–Kier alpha value is -3.41. The molecule has 0 spiro atoms. The van der Waals surface area contributed by atoms with Crippen LogP contribution in [-0.4, -0.2) is 37.2 Å². The number of carbonyl (C=O) groups excluding carboxylic acids is 3. The normalized spacial score (nSPS) is 12.6. The van der Waals surface area contributed by atoms with Gasteiger partial charge in [-0.3, -0.25) is 14.4 Å². The molecule has 0 aliphatic rings. The van der Waals surface area contributed by atoms with Crippen molar-refractivity contribution in [1.29, 1.82) is 0 Å². The number of hydrogen-bond donors (Lipinski definition) is 0. The molecule has 444 valence electrons. The molecule has 0 amide bonds. The number of allylic oxidation sites excluding steroid dienone is 14. The summed E-state index contributed by atoms with van der Waals surface area (Å²) in [6, 6.07) is 0. The highest BCUT2D eigenvalue weighted by Crippen LogP contribution is 2.17. The minimum atomic E-state index is -0.772. The molecule has 0 rings (SSSR count). The molecule has 0 bridgehead atoms. The molecule has 0 aliphatic heterocycles. The summed E-state index contributed by atoms with van der Waals surface area (Å²) in [4.78, 5) is 38.2. The van der Waals surface area contributed by atoms with Gasteiger partial charge in [-0.1, -0.05) is 318 Å². The summed E-state index contributed by atoms with van der Waals surface area (Å²) in [5.74, 6) is -0.861. The Morgan fingerprint density at radius 1 is 0.273 bits per heavy atom. The van der Waals surface area contributed by atoms with Gasteiger partial charge in [-0.15, -0.1) is 0 Å². The number of ether oxygens (including phenoxy) is 3. The highest BCUT2D eigenvalue weighted by atomic mass is 16.6. The second-order valence-electron chi connectivity index (χ2n) is 22.0. The predicted molar refractivity (Wildman–Crippen MR) is 334 cm³/mol. The summed E-state index contributed by atoms with van der Waals surface area (Å²) >= 11 is 0. The van der Waals surface area contributed by atoms with E-state index in [4.69, 9.17) is 14.2 Å². The van der Waals surface area contributed by atoms with E-state index in [1.165, 1.54) is 186 Å². The van der Waals surface area contributed by atoms with Crippen molar-refractivity contribution in [2.24, 2.45) is 0 Å². The third-order valence-electron chi connectivity index (χ3n) is 14.4. The van der Waals surface area contributed by atoms with E-state index in [9.17, 15) is 14.4 Å². The Labute approximate surface area is 477 Å². The van der Waals surface area contributed by atoms with Crippen molar-refractivity contribution >= 4 is 17.9 Å². The molecule has 0 aromatic carbocycles. The molecular weight excluding hydrogens is 949 g/mol. The van der Waals surface area contributed by atoms with Crippen molar-refractivity contribution in [3.63, 3.8) is 0 Å². The third-order valence-corrected chi connectivity index (χ3v) is 14.4. The molecule has 1 atom stereocenters. The van der Waals surface area contributed by atoms with Crippen molar-refractivity contribution in [3.8, 4) is 0 Å². The Bertz CT molecular complexity index is 1470. The zero-order valence-electron chi connectivity index (χ0n) is 51.0. The maximum atomic E-state index is 12.9. The van der Waals surface area contributed by atoms with Crippen molar-refractivity contribution in [3.05, 3.63) is 85.1 Å². The molecule has 0 aromatic rings. The minimum absolute atomic E-state index is 0.0714. The van der Waals surface area contributed by atoms with Gasteiger partial charge >= 0.3 is 17.9 Å². The van der Waals surface area contributed by atoms with Gasteiger partial charge in [-0.25, -0.2) is 0 Å². The van der Waals surface area contributed by atoms with E-state index in [2.05, 4.69) is 106 Å². The molecule has 0 N–H and O–H groups in total. The van der Waals surface area contributed by atoms with E-state index < -0.39 is 6.10 Å². The highest BCUT2D eigenvalue weighted by Gasteiger charge is 2.19. The van der Waals surface area contributed by atoms with Crippen LogP contribution in [0.4, 0.5) is 0 Å². The third kappa shape index (κ3) is 63.3. The molecule has 0 heterocycles. The standard InChI is InChI=1S/C71H124O6/c1-4-7-10-13-16-19-21-23-25-27-28-29-30-31-32-33-34-35-36-37-38-39-40-41-42-44-45-47-49-52-55-58-61-64-70(73)76-67-68(66-75-69(72)63-60-57-54-51-18-15-12-9-6-3)77-71(74)65-62-59-56-53-50-48-46-43-26-24-22-20-17-14-11-8-5-2/h7,10,16,19,23,25,28-29,31-32,34-35,37-38,68H,4-6,8-9,11-15,17-18,20-22,24,26-27,30,33,36,39-67H2,1-3H3/b10-7-,19-16-,25-23-,29-28-,32-31-,35-34-,38-37-. The van der Waals surface area contributed by atoms with Crippen LogP contribution in [0.15, 0.2) is 85.1 Å². The van der Waals surface area contributed by atoms with Crippen LogP contribution >= 0.6 is 0 Å². The van der Waals surface area contributed by atoms with Crippen LogP contribution in [0.25, 0.3) is 0 Å². The van der Waals surface area contributed by atoms with Crippen LogP contribution in [0.1, 0.15) is 329 Å². The number of carbonyl (C=O) groups is 3. The molecule has 0 saturated carbocycles. The van der Waals surface area contributed by atoms with Gasteiger partial charge in [-0.05, 0) is 77.0 Å². The fraction of sp³-hybridized carbons (Fsp3) is 0.761. The molecule has 1 unspecified atom stereocenters. The topological polar surface area (TPSA) is 78.9 Å². The average Bonchev–Trinajstić information content (AvgIpc) is 3.43. The molecule has 77 heavy (non-hydrogen) atoms. The van der Waals surface area contributed by atoms with E-state index in [-0.39, 0.29) is 31.1 Å². The molecular formula is C71H124O6. The first kappa shape index (κ1) is 73.6. The van der Waals surface area contributed by atoms with Crippen molar-refractivity contribution in [2.45, 2.75) is 335 Å². The lowest BCUT2D eigenvalue weighted by Gasteiger charge is -2.18. The predicted octanol–water partition coefficient (Wildman–Crippen LogP) is 22.7. The lowest BCUT2D eigenvalue weighted by molar-refractivity contribution is -0.167. The van der Waals surface area contributed by atoms with E-state index in [0.717, 1.165) is 103 Å². The maximum absolute atomic E-state index is 12.9. The number of rotatable bonds is 60. The first-order valence-electron chi connectivity index (χ1n) is 33.1. The Morgan fingerprint density at radius 2 is 0.506 bits per heavy atom. The van der Waals surface area contributed by atoms with Gasteiger partial charge in [-0.2, -0.15) is 0 Å². The van der Waals surface area contributed by atoms with Crippen molar-refractivity contribution < 1.29 is 28.6 Å². The van der Waals surface area contributed by atoms with Crippen LogP contribution in [0, 0.1) is 0 Å². The quantitative estimate of drug-likeness (QED) is 0.0261. The van der Waals surface area contributed by atoms with Gasteiger partial charge in [0, 0.05) is 19.3 Å². The molecule has 0 saturated heterocycles. The molecule has 6 nitrogen and oxygen atoms in total. The largest absolute Gasteiger partial charge is 0.462 e. The van der Waals surface area contributed by atoms with E-state index >= 15 is 0 Å². The Balaban J connectivity index is 4.13. The van der Waals surface area contributed by atoms with E-state index in [0.29, 0.717) is 19.3 Å². The first-order valence-corrected chi connectivity index (χ1v) is 33.1. The number of esters is 3. The van der Waals surface area contributed by atoms with Gasteiger partial charge in [0.15, 0.2) is 6.10 Å². The lowest BCUT2D eigenvalue weighted by Crippen LogP contribution is -2.30. The SMILES string of the molecule is CC/C=C\C/C=C\C/C=C\C/C=C\C/C=C\C/C=C\C/C=C\CCCCCCCCCCCCCC(=O)OCC(COC(=O)CCCCCCCCCCC)OC(=O)CCCCCCCCCCCCCCCCCCC. The second kappa shape index (κ2) is 65.1. The Morgan fingerprint density at radius 3 is 0.792 bits per heavy atom. The fourth-order valence-electron chi connectivity index (χ4n) is 9.48. The smallest absolute Gasteiger partial charge is 0.306 e. The maximum Gasteiger partial charge on any atom is 0.306 e. The average molecular weight is 1070 g/mol. The monoisotopic (exact) mass is 1070 g/mol. The van der Waals surface area contributed by atoms with Crippen LogP contribution in [-0.2, 0) is 28.6 Å². The highest BCUT2D eigenvalue weighted by molar-refractivity contribution is 5.71. The van der Waals surface area contributed by atoms with E-state index in [1.807, 2.05) is 0 Å². The first-order chi connectivity index (χ1) is 38.0. The van der Waals surface area contributed by atoms with Gasteiger partial charge < -0.3 is 14.2 Å². The summed E-state index contributed by atoms with van der Waals surface area (Å²) in [5, 5.41) is 0. The van der Waals surface area contributed by atoms with Crippen molar-refractivity contribution in [2.75, 3.05) is 13.2 Å². The summed E-state index contributed by atoms with van der Waals surface area (Å²) in [6.45, 7) is 6.54. The van der Waals surface area contributed by atoms with Gasteiger partial charge in [0.1, 0.15) is 13.2 Å². The van der Waals surface area contributed by atoms with Gasteiger partial charge in [0.05, 0.1) is 0 Å². The lowest BCUT2D eigenvalue weighted by atomic mass is 10.0. The van der Waals surface area contributed by atoms with Gasteiger partial charge in [0.2, 0.25) is 0 Å². The summed E-state index contributed by atoms with van der Waals surface area (Å²) in [7, 11) is 0. The van der Waals surface area contributed by atoms with E-state index in [1.54, 1.807) is 0 Å². The number of unbranched alkanes of at least 4 members (excludes halogenated alkanes) is 35. The summed E-state index contributed by atoms with van der Waals surface area (Å²) in [6.07, 6.45) is 86.1. The molecule has 0 aromatic heterocycles. The summed E-state index contributed by atoms with van der Waals surface area (Å²) < 4.78 is 16.9. The summed E-state index contributed by atoms with van der Waals surface area (Å²) in [5.41, 5.74) is 0. The second-order valence-corrected chi connectivity index (χ2v) is 22.0. The minimum Gasteiger partial charge on any atom is -0.462 e. The zero-order chi connectivity index (χ0) is 55.7. The zero-order valence-corrected chi connectivity index (χ0v) is 51.0. The molecule has 0 radical (unpaired) electrons. The molecule has 0 fully saturated rings. The number of hydrogen-bond acceptors (Lipinski definition) is 6. The fourth-order valence-corrected chi connectivity index (χ4v) is 9.48. The Kier molecular flexibility index (Phi) is 62.2. The van der Waals surface area contributed by atoms with Crippen LogP contribution < -0.4 is 0 Å².